The molecule has 1 aromatic heterocycles. The van der Waals surface area contributed by atoms with Gasteiger partial charge in [-0.3, -0.25) is 0 Å². The van der Waals surface area contributed by atoms with Crippen LogP contribution < -0.4 is 5.32 Å². The smallest absolute Gasteiger partial charge is 0.0483 e. The summed E-state index contributed by atoms with van der Waals surface area (Å²) in [6.07, 6.45) is 6.24. The SMILES string of the molecule is CC(C)CCn1cc(C2CCNCC2)c2ccccc21. The maximum Gasteiger partial charge on any atom is 0.0483 e. The minimum Gasteiger partial charge on any atom is -0.347 e. The number of hydrogen-bond acceptors (Lipinski definition) is 1. The van der Waals surface area contributed by atoms with Gasteiger partial charge in [0.15, 0.2) is 0 Å². The molecule has 0 aliphatic carbocycles. The van der Waals surface area contributed by atoms with Crippen LogP contribution in [0.1, 0.15) is 44.6 Å². The molecule has 0 atom stereocenters. The Labute approximate surface area is 122 Å². The van der Waals surface area contributed by atoms with Gasteiger partial charge in [-0.05, 0) is 55.8 Å². The van der Waals surface area contributed by atoms with Crippen molar-refractivity contribution in [3.8, 4) is 0 Å². The van der Waals surface area contributed by atoms with Crippen LogP contribution >= 0.6 is 0 Å². The summed E-state index contributed by atoms with van der Waals surface area (Å²) in [7, 11) is 0. The fraction of sp³-hybridized carbons (Fsp3) is 0.556. The van der Waals surface area contributed by atoms with Gasteiger partial charge in [-0.1, -0.05) is 32.0 Å². The van der Waals surface area contributed by atoms with Gasteiger partial charge in [0.25, 0.3) is 0 Å². The Hall–Kier alpha value is -1.28. The van der Waals surface area contributed by atoms with Gasteiger partial charge >= 0.3 is 0 Å². The number of fused-ring (bicyclic) bond motifs is 1. The molecule has 1 aromatic carbocycles. The lowest BCUT2D eigenvalue weighted by Crippen LogP contribution is -2.26. The van der Waals surface area contributed by atoms with E-state index >= 15 is 0 Å². The van der Waals surface area contributed by atoms with Gasteiger partial charge < -0.3 is 9.88 Å². The van der Waals surface area contributed by atoms with Gasteiger partial charge in [-0.2, -0.15) is 0 Å². The van der Waals surface area contributed by atoms with Crippen molar-refractivity contribution in [2.24, 2.45) is 5.92 Å². The van der Waals surface area contributed by atoms with E-state index in [1.54, 1.807) is 5.56 Å². The summed E-state index contributed by atoms with van der Waals surface area (Å²) in [5, 5.41) is 4.95. The topological polar surface area (TPSA) is 17.0 Å². The molecule has 2 heterocycles. The van der Waals surface area contributed by atoms with E-state index in [1.165, 1.54) is 30.2 Å². The van der Waals surface area contributed by atoms with Gasteiger partial charge in [0, 0.05) is 23.6 Å². The Kier molecular flexibility index (Phi) is 4.11. The van der Waals surface area contributed by atoms with Crippen LogP contribution in [0.3, 0.4) is 0 Å². The van der Waals surface area contributed by atoms with E-state index in [4.69, 9.17) is 0 Å². The summed E-state index contributed by atoms with van der Waals surface area (Å²) in [6, 6.07) is 8.93. The second-order valence-electron chi connectivity index (χ2n) is 6.50. The van der Waals surface area contributed by atoms with Crippen molar-refractivity contribution >= 4 is 10.9 Å². The van der Waals surface area contributed by atoms with Crippen LogP contribution in [-0.4, -0.2) is 17.7 Å². The lowest BCUT2D eigenvalue weighted by Gasteiger charge is -2.22. The largest absolute Gasteiger partial charge is 0.347 e. The van der Waals surface area contributed by atoms with Crippen molar-refractivity contribution < 1.29 is 0 Å². The van der Waals surface area contributed by atoms with Gasteiger partial charge in [-0.15, -0.1) is 0 Å². The molecular formula is C18H26N2. The van der Waals surface area contributed by atoms with E-state index in [-0.39, 0.29) is 0 Å². The number of aryl methyl sites for hydroxylation is 1. The minimum absolute atomic E-state index is 0.737. The molecule has 0 radical (unpaired) electrons. The lowest BCUT2D eigenvalue weighted by molar-refractivity contribution is 0.460. The highest BCUT2D eigenvalue weighted by Gasteiger charge is 2.19. The third-order valence-corrected chi connectivity index (χ3v) is 4.55. The molecule has 2 nitrogen and oxygen atoms in total. The van der Waals surface area contributed by atoms with Crippen LogP contribution in [0.5, 0.6) is 0 Å². The van der Waals surface area contributed by atoms with Crippen LogP contribution in [0.4, 0.5) is 0 Å². The van der Waals surface area contributed by atoms with Gasteiger partial charge in [0.2, 0.25) is 0 Å². The van der Waals surface area contributed by atoms with E-state index < -0.39 is 0 Å². The fourth-order valence-corrected chi connectivity index (χ4v) is 3.32. The van der Waals surface area contributed by atoms with Gasteiger partial charge in [0.1, 0.15) is 0 Å². The molecule has 3 rings (SSSR count). The number of para-hydroxylation sites is 1. The first-order valence-electron chi connectivity index (χ1n) is 8.04. The van der Waals surface area contributed by atoms with Crippen molar-refractivity contribution in [2.75, 3.05) is 13.1 Å². The molecule has 0 spiro atoms. The predicted octanol–water partition coefficient (Wildman–Crippen LogP) is 4.15. The second kappa shape index (κ2) is 6.01. The molecule has 2 heteroatoms. The van der Waals surface area contributed by atoms with E-state index in [0.717, 1.165) is 31.5 Å². The summed E-state index contributed by atoms with van der Waals surface area (Å²) >= 11 is 0. The highest BCUT2D eigenvalue weighted by molar-refractivity contribution is 5.84. The number of nitrogens with one attached hydrogen (secondary N) is 1. The molecule has 108 valence electrons. The van der Waals surface area contributed by atoms with E-state index in [1.807, 2.05) is 0 Å². The monoisotopic (exact) mass is 270 g/mol. The highest BCUT2D eigenvalue weighted by Crippen LogP contribution is 2.33. The summed E-state index contributed by atoms with van der Waals surface area (Å²) < 4.78 is 2.48. The van der Waals surface area contributed by atoms with Crippen molar-refractivity contribution in [1.82, 2.24) is 9.88 Å². The summed E-state index contributed by atoms with van der Waals surface area (Å²) in [6.45, 7) is 8.08. The molecular weight excluding hydrogens is 244 g/mol. The van der Waals surface area contributed by atoms with Crippen molar-refractivity contribution in [2.45, 2.75) is 45.6 Å². The third kappa shape index (κ3) is 2.76. The molecule has 0 bridgehead atoms. The molecule has 1 aliphatic rings. The molecule has 0 unspecified atom stereocenters. The van der Waals surface area contributed by atoms with Crippen LogP contribution in [0.15, 0.2) is 30.5 Å². The Balaban J connectivity index is 1.95. The van der Waals surface area contributed by atoms with Crippen LogP contribution in [0, 0.1) is 5.92 Å². The molecule has 1 N–H and O–H groups in total. The van der Waals surface area contributed by atoms with E-state index in [0.29, 0.717) is 0 Å². The molecule has 1 fully saturated rings. The first kappa shape index (κ1) is 13.7. The van der Waals surface area contributed by atoms with Gasteiger partial charge in [0.05, 0.1) is 0 Å². The highest BCUT2D eigenvalue weighted by atomic mass is 15.0. The fourth-order valence-electron chi connectivity index (χ4n) is 3.32. The molecule has 0 amide bonds. The molecule has 1 saturated heterocycles. The maximum absolute atomic E-state index is 3.47. The van der Waals surface area contributed by atoms with Crippen molar-refractivity contribution in [3.63, 3.8) is 0 Å². The van der Waals surface area contributed by atoms with Crippen LogP contribution in [-0.2, 0) is 6.54 Å². The Morgan fingerprint density at radius 2 is 1.95 bits per heavy atom. The number of aromatic nitrogens is 1. The molecule has 20 heavy (non-hydrogen) atoms. The maximum atomic E-state index is 3.47. The summed E-state index contributed by atoms with van der Waals surface area (Å²) in [5.74, 6) is 1.50. The summed E-state index contributed by atoms with van der Waals surface area (Å²) in [4.78, 5) is 0. The molecule has 2 aromatic rings. The zero-order chi connectivity index (χ0) is 13.9. The quantitative estimate of drug-likeness (QED) is 0.883. The van der Waals surface area contributed by atoms with Crippen LogP contribution in [0.2, 0.25) is 0 Å². The Bertz CT molecular complexity index is 562. The zero-order valence-electron chi connectivity index (χ0n) is 12.7. The first-order chi connectivity index (χ1) is 9.75. The number of rotatable bonds is 4. The van der Waals surface area contributed by atoms with E-state index in [9.17, 15) is 0 Å². The van der Waals surface area contributed by atoms with E-state index in [2.05, 4.69) is 54.2 Å². The average Bonchev–Trinajstić information content (AvgIpc) is 2.85. The average molecular weight is 270 g/mol. The van der Waals surface area contributed by atoms with Crippen molar-refractivity contribution in [1.29, 1.82) is 0 Å². The normalized spacial score (nSPS) is 17.1. The zero-order valence-corrected chi connectivity index (χ0v) is 12.7. The number of nitrogens with zero attached hydrogens (tertiary/aromatic N) is 1. The third-order valence-electron chi connectivity index (χ3n) is 4.55. The van der Waals surface area contributed by atoms with Gasteiger partial charge in [-0.25, -0.2) is 0 Å². The van der Waals surface area contributed by atoms with Crippen molar-refractivity contribution in [3.05, 3.63) is 36.0 Å². The first-order valence-corrected chi connectivity index (χ1v) is 8.04. The minimum atomic E-state index is 0.737. The Morgan fingerprint density at radius 1 is 1.20 bits per heavy atom. The molecule has 0 saturated carbocycles. The number of piperidine rings is 1. The summed E-state index contributed by atoms with van der Waals surface area (Å²) in [5.41, 5.74) is 2.99. The Morgan fingerprint density at radius 3 is 2.70 bits per heavy atom. The number of benzene rings is 1. The number of hydrogen-bond donors (Lipinski definition) is 1. The predicted molar refractivity (Wildman–Crippen MR) is 86.2 cm³/mol. The molecule has 1 aliphatic heterocycles. The van der Waals surface area contributed by atoms with Crippen LogP contribution in [0.25, 0.3) is 10.9 Å². The standard InChI is InChI=1S/C18H26N2/c1-14(2)9-12-20-13-17(15-7-10-19-11-8-15)16-5-3-4-6-18(16)20/h3-6,13-15,19H,7-12H2,1-2H3. The second-order valence-corrected chi connectivity index (χ2v) is 6.50. The lowest BCUT2D eigenvalue weighted by atomic mass is 9.90.